The van der Waals surface area contributed by atoms with Gasteiger partial charge in [-0.25, -0.2) is 0 Å². The molecular weight excluding hydrogens is 186 g/mol. The number of hydrogen-bond acceptors (Lipinski definition) is 2. The summed E-state index contributed by atoms with van der Waals surface area (Å²) in [6, 6.07) is 0.681. The molecule has 0 heterocycles. The molecule has 3 atom stereocenters. The van der Waals surface area contributed by atoms with Gasteiger partial charge in [0.25, 0.3) is 0 Å². The molecule has 0 spiro atoms. The van der Waals surface area contributed by atoms with E-state index >= 15 is 0 Å². The Morgan fingerprint density at radius 2 is 2.07 bits per heavy atom. The Morgan fingerprint density at radius 3 is 2.67 bits per heavy atom. The van der Waals surface area contributed by atoms with E-state index < -0.39 is 0 Å². The quantitative estimate of drug-likeness (QED) is 0.687. The van der Waals surface area contributed by atoms with E-state index in [1.54, 1.807) is 0 Å². The van der Waals surface area contributed by atoms with Crippen LogP contribution in [0.1, 0.15) is 46.5 Å². The van der Waals surface area contributed by atoms with Crippen LogP contribution in [-0.4, -0.2) is 24.3 Å². The van der Waals surface area contributed by atoms with Crippen LogP contribution in [0, 0.1) is 17.8 Å². The average Bonchev–Trinajstić information content (AvgIpc) is 2.18. The molecule has 0 bridgehead atoms. The van der Waals surface area contributed by atoms with Gasteiger partial charge in [-0.15, -0.1) is 0 Å². The molecule has 0 aromatic carbocycles. The second kappa shape index (κ2) is 6.49. The number of aliphatic hydroxyl groups is 1. The molecule has 0 amide bonds. The lowest BCUT2D eigenvalue weighted by Crippen LogP contribution is -2.43. The van der Waals surface area contributed by atoms with E-state index in [1.165, 1.54) is 19.3 Å². The zero-order valence-electron chi connectivity index (χ0n) is 10.5. The van der Waals surface area contributed by atoms with Crippen molar-refractivity contribution < 1.29 is 5.11 Å². The van der Waals surface area contributed by atoms with Gasteiger partial charge in [-0.1, -0.05) is 27.2 Å². The van der Waals surface area contributed by atoms with Crippen LogP contribution in [0.15, 0.2) is 0 Å². The maximum absolute atomic E-state index is 8.78. The predicted molar refractivity (Wildman–Crippen MR) is 64.8 cm³/mol. The second-order valence-corrected chi connectivity index (χ2v) is 5.46. The molecule has 1 rings (SSSR count). The van der Waals surface area contributed by atoms with Crippen LogP contribution in [0.3, 0.4) is 0 Å². The molecule has 15 heavy (non-hydrogen) atoms. The van der Waals surface area contributed by atoms with Gasteiger partial charge in [-0.05, 0) is 43.6 Å². The van der Waals surface area contributed by atoms with Crippen LogP contribution in [0.2, 0.25) is 0 Å². The normalized spacial score (nSPS) is 32.2. The van der Waals surface area contributed by atoms with Crippen LogP contribution in [0.25, 0.3) is 0 Å². The molecule has 0 aromatic heterocycles. The van der Waals surface area contributed by atoms with Gasteiger partial charge in [0.15, 0.2) is 0 Å². The van der Waals surface area contributed by atoms with Gasteiger partial charge in [0.2, 0.25) is 0 Å². The Labute approximate surface area is 94.5 Å². The summed E-state index contributed by atoms with van der Waals surface area (Å²) in [6.07, 6.45) is 4.96. The fourth-order valence-corrected chi connectivity index (χ4v) is 2.80. The maximum Gasteiger partial charge on any atom is 0.0443 e. The van der Waals surface area contributed by atoms with E-state index in [9.17, 15) is 0 Å². The van der Waals surface area contributed by atoms with E-state index in [1.807, 2.05) is 0 Å². The van der Waals surface area contributed by atoms with Gasteiger partial charge in [0, 0.05) is 12.6 Å². The highest BCUT2D eigenvalue weighted by molar-refractivity contribution is 4.85. The lowest BCUT2D eigenvalue weighted by molar-refractivity contribution is 0.167. The molecule has 1 fully saturated rings. The highest BCUT2D eigenvalue weighted by atomic mass is 16.3. The molecule has 2 heteroatoms. The van der Waals surface area contributed by atoms with Crippen molar-refractivity contribution in [1.82, 2.24) is 5.32 Å². The van der Waals surface area contributed by atoms with Gasteiger partial charge < -0.3 is 10.4 Å². The summed E-state index contributed by atoms with van der Waals surface area (Å²) < 4.78 is 0. The molecule has 0 radical (unpaired) electrons. The van der Waals surface area contributed by atoms with Crippen molar-refractivity contribution in [2.45, 2.75) is 52.5 Å². The molecule has 0 aliphatic heterocycles. The molecule has 90 valence electrons. The molecule has 1 saturated carbocycles. The van der Waals surface area contributed by atoms with Crippen molar-refractivity contribution >= 4 is 0 Å². The lowest BCUT2D eigenvalue weighted by Gasteiger charge is -2.38. The van der Waals surface area contributed by atoms with Crippen molar-refractivity contribution in [2.24, 2.45) is 17.8 Å². The molecule has 2 nitrogen and oxygen atoms in total. The summed E-state index contributed by atoms with van der Waals surface area (Å²) in [4.78, 5) is 0. The molecule has 0 saturated heterocycles. The van der Waals surface area contributed by atoms with Crippen molar-refractivity contribution in [3.63, 3.8) is 0 Å². The maximum atomic E-state index is 8.78. The summed E-state index contributed by atoms with van der Waals surface area (Å²) in [5.41, 5.74) is 0. The van der Waals surface area contributed by atoms with Crippen molar-refractivity contribution in [2.75, 3.05) is 13.2 Å². The third kappa shape index (κ3) is 4.12. The van der Waals surface area contributed by atoms with Gasteiger partial charge in [0.05, 0.1) is 0 Å². The predicted octanol–water partition coefficient (Wildman–Crippen LogP) is 2.42. The number of aliphatic hydroxyl groups excluding tert-OH is 1. The third-order valence-electron chi connectivity index (χ3n) is 3.76. The van der Waals surface area contributed by atoms with E-state index in [4.69, 9.17) is 5.11 Å². The largest absolute Gasteiger partial charge is 0.396 e. The first-order chi connectivity index (χ1) is 7.15. The Morgan fingerprint density at radius 1 is 1.33 bits per heavy atom. The summed E-state index contributed by atoms with van der Waals surface area (Å²) in [5, 5.41) is 12.4. The summed E-state index contributed by atoms with van der Waals surface area (Å²) in [6.45, 7) is 8.30. The summed E-state index contributed by atoms with van der Waals surface area (Å²) in [5.74, 6) is 2.48. The minimum atomic E-state index is 0.307. The first-order valence-corrected chi connectivity index (χ1v) is 6.49. The van der Waals surface area contributed by atoms with Crippen LogP contribution < -0.4 is 5.32 Å². The van der Waals surface area contributed by atoms with Crippen LogP contribution >= 0.6 is 0 Å². The van der Waals surface area contributed by atoms with E-state index in [-0.39, 0.29) is 0 Å². The molecule has 2 N–H and O–H groups in total. The topological polar surface area (TPSA) is 32.3 Å². The van der Waals surface area contributed by atoms with Gasteiger partial charge in [0.1, 0.15) is 0 Å². The second-order valence-electron chi connectivity index (χ2n) is 5.46. The van der Waals surface area contributed by atoms with Gasteiger partial charge in [-0.3, -0.25) is 0 Å². The Kier molecular flexibility index (Phi) is 5.62. The standard InChI is InChI=1S/C13H27NO/c1-10(2)12-6-5-11(3)9-13(12)14-7-4-8-15/h10-15H,4-9H2,1-3H3/t11-,12-,13-/m1/s1. The van der Waals surface area contributed by atoms with Crippen molar-refractivity contribution in [3.05, 3.63) is 0 Å². The smallest absolute Gasteiger partial charge is 0.0443 e. The summed E-state index contributed by atoms with van der Waals surface area (Å²) in [7, 11) is 0. The molecule has 1 aliphatic carbocycles. The van der Waals surface area contributed by atoms with Crippen LogP contribution in [0.4, 0.5) is 0 Å². The highest BCUT2D eigenvalue weighted by Gasteiger charge is 2.29. The Hall–Kier alpha value is -0.0800. The SMILES string of the molecule is CC(C)[C@H]1CC[C@@H](C)C[C@H]1NCCCO. The monoisotopic (exact) mass is 213 g/mol. The van der Waals surface area contributed by atoms with E-state index in [2.05, 4.69) is 26.1 Å². The fraction of sp³-hybridized carbons (Fsp3) is 1.00. The molecule has 0 aromatic rings. The lowest BCUT2D eigenvalue weighted by atomic mass is 9.74. The Balaban J connectivity index is 2.39. The van der Waals surface area contributed by atoms with Crippen molar-refractivity contribution in [1.29, 1.82) is 0 Å². The van der Waals surface area contributed by atoms with Gasteiger partial charge in [-0.2, -0.15) is 0 Å². The zero-order valence-corrected chi connectivity index (χ0v) is 10.5. The fourth-order valence-electron chi connectivity index (χ4n) is 2.80. The average molecular weight is 213 g/mol. The number of hydrogen-bond donors (Lipinski definition) is 2. The van der Waals surface area contributed by atoms with Crippen LogP contribution in [-0.2, 0) is 0 Å². The molecule has 0 unspecified atom stereocenters. The minimum Gasteiger partial charge on any atom is -0.396 e. The minimum absolute atomic E-state index is 0.307. The van der Waals surface area contributed by atoms with Gasteiger partial charge >= 0.3 is 0 Å². The first-order valence-electron chi connectivity index (χ1n) is 6.49. The highest BCUT2D eigenvalue weighted by Crippen LogP contribution is 2.33. The summed E-state index contributed by atoms with van der Waals surface area (Å²) >= 11 is 0. The van der Waals surface area contributed by atoms with Crippen molar-refractivity contribution in [3.8, 4) is 0 Å². The van der Waals surface area contributed by atoms with E-state index in [0.717, 1.165) is 30.7 Å². The number of rotatable bonds is 5. The first kappa shape index (κ1) is 13.0. The number of nitrogens with one attached hydrogen (secondary N) is 1. The van der Waals surface area contributed by atoms with E-state index in [0.29, 0.717) is 12.6 Å². The molecular formula is C13H27NO. The Bertz CT molecular complexity index is 170. The third-order valence-corrected chi connectivity index (χ3v) is 3.76. The molecule has 1 aliphatic rings. The van der Waals surface area contributed by atoms with Crippen LogP contribution in [0.5, 0.6) is 0 Å². The zero-order chi connectivity index (χ0) is 11.3.